The van der Waals surface area contributed by atoms with E-state index >= 15 is 0 Å². The molecule has 3 atom stereocenters. The minimum absolute atomic E-state index is 0.113. The largest absolute Gasteiger partial charge is 0.457 e. The van der Waals surface area contributed by atoms with Gasteiger partial charge in [0, 0.05) is 12.1 Å². The lowest BCUT2D eigenvalue weighted by Crippen LogP contribution is -2.57. The zero-order valence-electron chi connectivity index (χ0n) is 26.8. The lowest BCUT2D eigenvalue weighted by Gasteiger charge is -2.54. The molecule has 1 aliphatic heterocycles. The molecule has 0 saturated carbocycles. The van der Waals surface area contributed by atoms with Crippen molar-refractivity contribution in [3.05, 3.63) is 160 Å². The lowest BCUT2D eigenvalue weighted by atomic mass is 9.54. The number of hydrogen-bond donors (Lipinski definition) is 1. The summed E-state index contributed by atoms with van der Waals surface area (Å²) < 4.78 is 6.10. The number of anilines is 1. The zero-order chi connectivity index (χ0) is 34.1. The molecule has 2 bridgehead atoms. The molecule has 5 aromatic carbocycles. The average Bonchev–Trinajstić information content (AvgIpc) is 3.39. The van der Waals surface area contributed by atoms with Crippen molar-refractivity contribution in [2.45, 2.75) is 36.1 Å². The van der Waals surface area contributed by atoms with Crippen LogP contribution in [0, 0.1) is 25.7 Å². The van der Waals surface area contributed by atoms with Gasteiger partial charge in [0.15, 0.2) is 0 Å². The van der Waals surface area contributed by atoms with E-state index in [9.17, 15) is 14.4 Å². The van der Waals surface area contributed by atoms with Gasteiger partial charge in [-0.3, -0.25) is 19.3 Å². The first-order valence-corrected chi connectivity index (χ1v) is 17.0. The van der Waals surface area contributed by atoms with Crippen molar-refractivity contribution in [1.29, 1.82) is 0 Å². The van der Waals surface area contributed by atoms with E-state index < -0.39 is 45.3 Å². The molecule has 8 heteroatoms. The Hall–Kier alpha value is -4.91. The Morgan fingerprint density at radius 3 is 1.76 bits per heavy atom. The van der Waals surface area contributed by atoms with Crippen molar-refractivity contribution in [2.75, 3.05) is 5.32 Å². The van der Waals surface area contributed by atoms with Crippen LogP contribution in [0.25, 0.3) is 0 Å². The number of alkyl halides is 2. The summed E-state index contributed by atoms with van der Waals surface area (Å²) in [4.78, 5) is 42.2. The highest BCUT2D eigenvalue weighted by Gasteiger charge is 2.73. The van der Waals surface area contributed by atoms with Crippen LogP contribution in [0.5, 0.6) is 11.5 Å². The molecule has 3 amide bonds. The quantitative estimate of drug-likeness (QED) is 0.138. The molecule has 1 saturated heterocycles. The van der Waals surface area contributed by atoms with Crippen molar-refractivity contribution in [2.24, 2.45) is 11.8 Å². The number of imide groups is 1. The number of likely N-dealkylation sites (tertiary alicyclic amines) is 1. The Bertz CT molecular complexity index is 2030. The van der Waals surface area contributed by atoms with Crippen LogP contribution in [0.2, 0.25) is 0 Å². The summed E-state index contributed by atoms with van der Waals surface area (Å²) in [6, 6.07) is 36.1. The van der Waals surface area contributed by atoms with Crippen LogP contribution in [0.3, 0.4) is 0 Å². The van der Waals surface area contributed by atoms with Gasteiger partial charge in [-0.1, -0.05) is 91.0 Å². The van der Waals surface area contributed by atoms with Crippen LogP contribution < -0.4 is 10.1 Å². The molecule has 6 nitrogen and oxygen atoms in total. The van der Waals surface area contributed by atoms with E-state index in [1.807, 2.05) is 111 Å². The number of carbonyl (C=O) groups excluding carboxylic acids is 3. The van der Waals surface area contributed by atoms with Crippen LogP contribution in [-0.2, 0) is 30.6 Å². The smallest absolute Gasteiger partial charge is 0.248 e. The van der Waals surface area contributed by atoms with Crippen LogP contribution >= 0.6 is 23.2 Å². The summed E-state index contributed by atoms with van der Waals surface area (Å²) >= 11 is 15.3. The lowest BCUT2D eigenvalue weighted by molar-refractivity contribution is -0.146. The van der Waals surface area contributed by atoms with Crippen molar-refractivity contribution in [1.82, 2.24) is 4.90 Å². The van der Waals surface area contributed by atoms with Crippen molar-refractivity contribution >= 4 is 46.6 Å². The number of carbonyl (C=O) groups is 3. The fourth-order valence-corrected chi connectivity index (χ4v) is 9.03. The molecule has 1 heterocycles. The maximum Gasteiger partial charge on any atom is 0.248 e. The molecule has 9 rings (SSSR count). The second kappa shape index (κ2) is 11.6. The number of nitrogens with one attached hydrogen (secondary N) is 1. The van der Waals surface area contributed by atoms with E-state index in [1.165, 1.54) is 0 Å². The average molecular weight is 688 g/mol. The molecule has 1 N–H and O–H groups in total. The minimum atomic E-state index is -1.34. The second-order valence-electron chi connectivity index (χ2n) is 13.0. The summed E-state index contributed by atoms with van der Waals surface area (Å²) in [7, 11) is 0. The maximum atomic E-state index is 14.7. The van der Waals surface area contributed by atoms with E-state index in [0.29, 0.717) is 33.7 Å². The number of aryl methyl sites for hydroxylation is 1. The Labute approximate surface area is 294 Å². The van der Waals surface area contributed by atoms with Gasteiger partial charge in [0.05, 0.1) is 11.8 Å². The third kappa shape index (κ3) is 4.65. The van der Waals surface area contributed by atoms with Crippen molar-refractivity contribution < 1.29 is 19.1 Å². The molecular weight excluding hydrogens is 655 g/mol. The highest BCUT2D eigenvalue weighted by molar-refractivity contribution is 6.36. The molecule has 4 aliphatic rings. The first-order chi connectivity index (χ1) is 23.6. The van der Waals surface area contributed by atoms with Crippen molar-refractivity contribution in [3.8, 4) is 11.5 Å². The summed E-state index contributed by atoms with van der Waals surface area (Å²) in [6.45, 7) is 4.03. The predicted molar refractivity (Wildman–Crippen MR) is 190 cm³/mol. The fourth-order valence-electron chi connectivity index (χ4n) is 7.93. The molecule has 5 aromatic rings. The highest BCUT2D eigenvalue weighted by atomic mass is 35.5. The molecule has 0 unspecified atom stereocenters. The maximum absolute atomic E-state index is 14.7. The third-order valence-corrected chi connectivity index (χ3v) is 11.7. The molecule has 0 radical (unpaired) electrons. The summed E-state index contributed by atoms with van der Waals surface area (Å²) in [5.74, 6) is -2.16. The first-order valence-electron chi connectivity index (χ1n) is 16.3. The topological polar surface area (TPSA) is 75.7 Å². The number of benzene rings is 5. The molecule has 244 valence electrons. The van der Waals surface area contributed by atoms with Crippen LogP contribution in [0.1, 0.15) is 38.9 Å². The van der Waals surface area contributed by atoms with Gasteiger partial charge in [0.1, 0.15) is 27.3 Å². The standard InChI is InChI=1S/C41H32Cl2N2O4/c1-24-11-10-18-34(25(24)2)49-28-21-19-27(20-22-28)44-37(46)33(23-26-12-4-3-5-13-26)45-38(47)35-36(39(45)48)41(43)30-15-7-6-14-29(30)40(35,42)31-16-8-9-17-32(31)41/h3-22,33,35-36H,23H2,1-2H3,(H,44,46)/t33-,35+,36+,40?,41?/m0/s1. The predicted octanol–water partition coefficient (Wildman–Crippen LogP) is 8.24. The van der Waals surface area contributed by atoms with Gasteiger partial charge in [0.25, 0.3) is 0 Å². The molecule has 49 heavy (non-hydrogen) atoms. The van der Waals surface area contributed by atoms with Gasteiger partial charge in [0.2, 0.25) is 17.7 Å². The Morgan fingerprint density at radius 1 is 0.714 bits per heavy atom. The van der Waals surface area contributed by atoms with Gasteiger partial charge >= 0.3 is 0 Å². The van der Waals surface area contributed by atoms with Crippen LogP contribution in [0.15, 0.2) is 121 Å². The fraction of sp³-hybridized carbons (Fsp3) is 0.195. The van der Waals surface area contributed by atoms with Gasteiger partial charge < -0.3 is 10.1 Å². The van der Waals surface area contributed by atoms with E-state index in [1.54, 1.807) is 24.3 Å². The molecule has 0 aromatic heterocycles. The van der Waals surface area contributed by atoms with Gasteiger partial charge in [-0.25, -0.2) is 0 Å². The number of amides is 3. The second-order valence-corrected chi connectivity index (χ2v) is 14.2. The van der Waals surface area contributed by atoms with E-state index in [-0.39, 0.29) is 6.42 Å². The highest BCUT2D eigenvalue weighted by Crippen LogP contribution is 2.69. The number of hydrogen-bond acceptors (Lipinski definition) is 4. The molecule has 1 fully saturated rings. The zero-order valence-corrected chi connectivity index (χ0v) is 28.3. The summed E-state index contributed by atoms with van der Waals surface area (Å²) in [6.07, 6.45) is 0.113. The van der Waals surface area contributed by atoms with Crippen LogP contribution in [0.4, 0.5) is 5.69 Å². The van der Waals surface area contributed by atoms with E-state index in [0.717, 1.165) is 27.3 Å². The Balaban J connectivity index is 1.15. The van der Waals surface area contributed by atoms with E-state index in [4.69, 9.17) is 27.9 Å². The SMILES string of the molecule is Cc1cccc(Oc2ccc(NC(=O)[C@H](Cc3ccccc3)N3C(=O)[C@H]4[C@H](C3=O)C3(Cl)c5ccccc5C4(Cl)c4ccccc43)cc2)c1C. The minimum Gasteiger partial charge on any atom is -0.457 e. The number of halogens is 2. The number of nitrogens with zero attached hydrogens (tertiary/aromatic N) is 1. The molecule has 3 aliphatic carbocycles. The van der Waals surface area contributed by atoms with Crippen molar-refractivity contribution in [3.63, 3.8) is 0 Å². The molecular formula is C41H32Cl2N2O4. The monoisotopic (exact) mass is 686 g/mol. The van der Waals surface area contributed by atoms with Crippen LogP contribution in [-0.4, -0.2) is 28.7 Å². The van der Waals surface area contributed by atoms with Gasteiger partial charge in [-0.15, -0.1) is 23.2 Å². The Morgan fingerprint density at radius 2 is 1.22 bits per heavy atom. The summed E-state index contributed by atoms with van der Waals surface area (Å²) in [5, 5.41) is 2.96. The molecule has 0 spiro atoms. The normalized spacial score (nSPS) is 23.8. The van der Waals surface area contributed by atoms with Gasteiger partial charge in [-0.2, -0.15) is 0 Å². The number of rotatable bonds is 7. The Kier molecular flexibility index (Phi) is 7.43. The third-order valence-electron chi connectivity index (χ3n) is 10.4. The van der Waals surface area contributed by atoms with E-state index in [2.05, 4.69) is 5.32 Å². The summed E-state index contributed by atoms with van der Waals surface area (Å²) in [5.41, 5.74) is 6.30. The van der Waals surface area contributed by atoms with Gasteiger partial charge in [-0.05, 0) is 83.1 Å². The number of ether oxygens (including phenoxy) is 1. The first kappa shape index (κ1) is 31.4.